The van der Waals surface area contributed by atoms with E-state index in [2.05, 4.69) is 5.32 Å². The van der Waals surface area contributed by atoms with Gasteiger partial charge in [0.1, 0.15) is 17.9 Å². The second-order valence-corrected chi connectivity index (χ2v) is 6.74. The third-order valence-electron chi connectivity index (χ3n) is 4.74. The van der Waals surface area contributed by atoms with Gasteiger partial charge in [0, 0.05) is 0 Å². The molecule has 0 saturated carbocycles. The molecule has 0 bridgehead atoms. The topological polar surface area (TPSA) is 110 Å². The average Bonchev–Trinajstić information content (AvgIpc) is 2.88. The van der Waals surface area contributed by atoms with Gasteiger partial charge in [-0.05, 0) is 36.0 Å². The summed E-state index contributed by atoms with van der Waals surface area (Å²) in [6.07, 6.45) is 0.229. The Balaban J connectivity index is 2.23. The molecule has 4 unspecified atom stereocenters. The molecule has 1 aromatic carbocycles. The summed E-state index contributed by atoms with van der Waals surface area (Å²) in [4.78, 5) is 24.7. The van der Waals surface area contributed by atoms with E-state index in [1.165, 1.54) is 24.3 Å². The van der Waals surface area contributed by atoms with Crippen molar-refractivity contribution in [3.8, 4) is 5.75 Å². The van der Waals surface area contributed by atoms with E-state index in [-0.39, 0.29) is 11.3 Å². The van der Waals surface area contributed by atoms with Gasteiger partial charge in [-0.3, -0.25) is 9.59 Å². The second kappa shape index (κ2) is 7.70. The number of amides is 1. The molecule has 1 fully saturated rings. The van der Waals surface area contributed by atoms with E-state index in [0.717, 1.165) is 6.42 Å². The molecule has 6 heteroatoms. The highest BCUT2D eigenvalue weighted by atomic mass is 16.3. The van der Waals surface area contributed by atoms with Crippen LogP contribution in [0.15, 0.2) is 35.6 Å². The number of allylic oxidation sites excluding steroid dienone is 1. The Morgan fingerprint density at radius 1 is 1.24 bits per heavy atom. The molecule has 1 aliphatic rings. The fourth-order valence-corrected chi connectivity index (χ4v) is 2.99. The van der Waals surface area contributed by atoms with Crippen LogP contribution in [0.2, 0.25) is 0 Å². The second-order valence-electron chi connectivity index (χ2n) is 6.74. The molecule has 136 valence electrons. The number of phenols is 1. The maximum atomic E-state index is 12.5. The van der Waals surface area contributed by atoms with Crippen LogP contribution in [-0.2, 0) is 9.59 Å². The van der Waals surface area contributed by atoms with Gasteiger partial charge in [-0.1, -0.05) is 39.3 Å². The van der Waals surface area contributed by atoms with Gasteiger partial charge in [0.25, 0.3) is 5.91 Å². The molecular formula is C19H24NO5-. The number of carbonyl (C=O) groups excluding carboxylic acids is 2. The normalized spacial score (nSPS) is 23.1. The summed E-state index contributed by atoms with van der Waals surface area (Å²) in [5.74, 6) is -1.95. The summed E-state index contributed by atoms with van der Waals surface area (Å²) < 4.78 is 0. The van der Waals surface area contributed by atoms with Gasteiger partial charge in [-0.15, -0.1) is 5.76 Å². The Morgan fingerprint density at radius 2 is 1.84 bits per heavy atom. The first-order valence-corrected chi connectivity index (χ1v) is 8.49. The van der Waals surface area contributed by atoms with Crippen LogP contribution in [0, 0.1) is 11.8 Å². The maximum absolute atomic E-state index is 12.5. The summed E-state index contributed by atoms with van der Waals surface area (Å²) in [7, 11) is 0. The van der Waals surface area contributed by atoms with E-state index in [9.17, 15) is 24.9 Å². The largest absolute Gasteiger partial charge is 0.875 e. The molecule has 0 aromatic heterocycles. The minimum absolute atomic E-state index is 0.0269. The van der Waals surface area contributed by atoms with Crippen LogP contribution < -0.4 is 10.4 Å². The predicted octanol–water partition coefficient (Wildman–Crippen LogP) is 1.18. The minimum atomic E-state index is -1.28. The molecule has 6 nitrogen and oxygen atoms in total. The van der Waals surface area contributed by atoms with Crippen LogP contribution in [0.5, 0.6) is 5.75 Å². The number of nitrogens with one attached hydrogen (secondary N) is 1. The number of aliphatic hydroxyl groups is 1. The highest BCUT2D eigenvalue weighted by molar-refractivity contribution is 6.27. The Bertz CT molecular complexity index is 680. The molecule has 1 heterocycles. The number of benzene rings is 1. The van der Waals surface area contributed by atoms with Gasteiger partial charge in [0.15, 0.2) is 5.78 Å². The number of phenolic OH excluding ortho intramolecular Hbond substituents is 1. The number of aliphatic hydroxyl groups excluding tert-OH is 1. The monoisotopic (exact) mass is 346 g/mol. The van der Waals surface area contributed by atoms with Crippen LogP contribution in [-0.4, -0.2) is 27.9 Å². The van der Waals surface area contributed by atoms with Gasteiger partial charge < -0.3 is 20.6 Å². The lowest BCUT2D eigenvalue weighted by atomic mass is 9.90. The van der Waals surface area contributed by atoms with Crippen molar-refractivity contribution in [2.75, 3.05) is 0 Å². The molecule has 1 aromatic rings. The first-order chi connectivity index (χ1) is 11.8. The van der Waals surface area contributed by atoms with Gasteiger partial charge in [0.05, 0.1) is 5.57 Å². The van der Waals surface area contributed by atoms with Gasteiger partial charge >= 0.3 is 0 Å². The number of hydrogen-bond acceptors (Lipinski definition) is 5. The number of hydrogen-bond donors (Lipinski definition) is 3. The molecule has 2 rings (SSSR count). The smallest absolute Gasteiger partial charge is 0.254 e. The summed E-state index contributed by atoms with van der Waals surface area (Å²) in [6, 6.07) is 4.50. The number of ketones is 1. The first-order valence-electron chi connectivity index (χ1n) is 8.49. The fraction of sp³-hybridized carbons (Fsp3) is 0.474. The molecule has 25 heavy (non-hydrogen) atoms. The zero-order valence-electron chi connectivity index (χ0n) is 14.7. The molecule has 1 saturated heterocycles. The van der Waals surface area contributed by atoms with Gasteiger partial charge in [0.2, 0.25) is 0 Å². The average molecular weight is 346 g/mol. The highest BCUT2D eigenvalue weighted by Gasteiger charge is 2.41. The summed E-state index contributed by atoms with van der Waals surface area (Å²) in [5.41, 5.74) is -0.00330. The van der Waals surface area contributed by atoms with Gasteiger partial charge in [-0.25, -0.2) is 0 Å². The van der Waals surface area contributed by atoms with Crippen molar-refractivity contribution in [2.45, 2.75) is 45.8 Å². The standard InChI is InChI=1S/C19H25NO5/c1-4-10(2)9-11(3)16(22)14-18(24)15(20-19(14)25)17(23)12-5-7-13(21)8-6-12/h5-8,10-11,15,17,21-23H,4,9H2,1-3H3,(H,20,25)/p-1/b16-14+. The first kappa shape index (κ1) is 19.0. The van der Waals surface area contributed by atoms with Crippen LogP contribution >= 0.6 is 0 Å². The van der Waals surface area contributed by atoms with Crippen LogP contribution in [0.25, 0.3) is 0 Å². The van der Waals surface area contributed by atoms with E-state index in [0.29, 0.717) is 17.9 Å². The summed E-state index contributed by atoms with van der Waals surface area (Å²) in [6.45, 7) is 5.75. The lowest BCUT2D eigenvalue weighted by Gasteiger charge is -2.24. The molecule has 0 spiro atoms. The van der Waals surface area contributed by atoms with Crippen molar-refractivity contribution in [3.63, 3.8) is 0 Å². The van der Waals surface area contributed by atoms with Crippen LogP contribution in [0.4, 0.5) is 0 Å². The van der Waals surface area contributed by atoms with E-state index >= 15 is 0 Å². The highest BCUT2D eigenvalue weighted by Crippen LogP contribution is 2.28. The molecule has 0 aliphatic carbocycles. The van der Waals surface area contributed by atoms with Crippen molar-refractivity contribution in [1.82, 2.24) is 5.32 Å². The third-order valence-corrected chi connectivity index (χ3v) is 4.74. The van der Waals surface area contributed by atoms with Crippen molar-refractivity contribution >= 4 is 11.7 Å². The van der Waals surface area contributed by atoms with Crippen LogP contribution in [0.3, 0.4) is 0 Å². The SMILES string of the molecule is CCC(C)CC(C)/C([O-])=C1\C(=O)NC(C(O)c2ccc(O)cc2)C1=O. The number of aromatic hydroxyl groups is 1. The van der Waals surface area contributed by atoms with Gasteiger partial charge in [-0.2, -0.15) is 0 Å². The molecule has 0 radical (unpaired) electrons. The molecule has 1 aliphatic heterocycles. The minimum Gasteiger partial charge on any atom is -0.875 e. The van der Waals surface area contributed by atoms with Crippen molar-refractivity contribution in [3.05, 3.63) is 41.2 Å². The maximum Gasteiger partial charge on any atom is 0.254 e. The molecule has 1 amide bonds. The Labute approximate surface area is 147 Å². The molecule has 3 N–H and O–H groups in total. The molecule has 4 atom stereocenters. The third kappa shape index (κ3) is 4.02. The lowest BCUT2D eigenvalue weighted by Crippen LogP contribution is -2.35. The zero-order chi connectivity index (χ0) is 18.7. The summed E-state index contributed by atoms with van der Waals surface area (Å²) >= 11 is 0. The Morgan fingerprint density at radius 3 is 2.40 bits per heavy atom. The Hall–Kier alpha value is -2.34. The lowest BCUT2D eigenvalue weighted by molar-refractivity contribution is -0.316. The van der Waals surface area contributed by atoms with Crippen molar-refractivity contribution in [2.24, 2.45) is 11.8 Å². The Kier molecular flexibility index (Phi) is 5.85. The van der Waals surface area contributed by atoms with Crippen molar-refractivity contribution in [1.29, 1.82) is 0 Å². The zero-order valence-corrected chi connectivity index (χ0v) is 14.7. The fourth-order valence-electron chi connectivity index (χ4n) is 2.99. The van der Waals surface area contributed by atoms with Crippen molar-refractivity contribution < 1.29 is 24.9 Å². The van der Waals surface area contributed by atoms with E-state index in [1.54, 1.807) is 6.92 Å². The number of carbonyl (C=O) groups is 2. The predicted molar refractivity (Wildman–Crippen MR) is 90.3 cm³/mol. The molecular weight excluding hydrogens is 322 g/mol. The van der Waals surface area contributed by atoms with E-state index in [1.807, 2.05) is 13.8 Å². The van der Waals surface area contributed by atoms with E-state index in [4.69, 9.17) is 0 Å². The van der Waals surface area contributed by atoms with E-state index < -0.39 is 35.5 Å². The number of Topliss-reactive ketones (excluding diaryl/α,β-unsaturated/α-hetero) is 1. The van der Waals surface area contributed by atoms with Crippen LogP contribution in [0.1, 0.15) is 45.3 Å². The summed E-state index contributed by atoms with van der Waals surface area (Å²) in [5, 5.41) is 34.6. The number of rotatable bonds is 6. The quantitative estimate of drug-likeness (QED) is 0.407.